The van der Waals surface area contributed by atoms with Gasteiger partial charge in [-0.15, -0.1) is 0 Å². The zero-order valence-electron chi connectivity index (χ0n) is 47.4. The number of phenols is 1. The Balaban J connectivity index is 0.000000716. The largest absolute Gasteiger partial charge is 2.00 e. The van der Waals surface area contributed by atoms with E-state index >= 15 is 0 Å². The number of ether oxygens (including phenoxy) is 2. The monoisotopic (exact) mass is 1600 g/mol. The van der Waals surface area contributed by atoms with E-state index in [0.29, 0.717) is 36.1 Å². The zero-order valence-corrected chi connectivity index (χ0v) is 56.1. The van der Waals surface area contributed by atoms with Crippen molar-refractivity contribution in [2.75, 3.05) is 34.9 Å². The first-order chi connectivity index (χ1) is 38.6. The van der Waals surface area contributed by atoms with Gasteiger partial charge in [-0.05, 0) is 187 Å². The standard InChI is InChI=1S/C29H16F9I2NO.C20H19O5PS.C6H15N.C5H5N.2CH3.Ni.Pd/c1-14-5-15(7-18(6-14)27(30,31)32)22-3-2-4-23(25(22)41-13-17-10-21(39)12-24(40)26(17)42)16-8-19(28(33,34)35)11-20(9-16)29(36,37)38;1-24-15-9-3-5-11-17(15)26(18-12-6-4-10-16(18)25-2)19-13-7-8-14-20(19)27(21,22)23;1-4-5-6-7(2)3;1-2-4-6-5-3-1;;;;/h2-13,42H,1H3;3-14H,1-2H3,(H,21,22,23);4-6H2,1-3H3;1-5H;2*1H3;;/q;;;;2*-1;;+2/p+1. The molecule has 0 unspecified atom stereocenters. The molecule has 0 radical (unpaired) electrons. The molecule has 1 aromatic heterocycles. The summed E-state index contributed by atoms with van der Waals surface area (Å²) in [6.07, 6.45) is -7.70. The molecule has 0 amide bonds. The van der Waals surface area contributed by atoms with Gasteiger partial charge < -0.3 is 34.3 Å². The van der Waals surface area contributed by atoms with Gasteiger partial charge in [-0.2, -0.15) is 47.9 Å². The van der Waals surface area contributed by atoms with Crippen LogP contribution < -0.4 is 25.4 Å². The molecule has 0 atom stereocenters. The maximum atomic E-state index is 13.7. The summed E-state index contributed by atoms with van der Waals surface area (Å²) in [5.74, 6) is 1.12. The molecular formula is C62H62F9I2N3NiO6PPdS+. The predicted molar refractivity (Wildman–Crippen MR) is 338 cm³/mol. The molecule has 24 heteroatoms. The van der Waals surface area contributed by atoms with Crippen molar-refractivity contribution in [1.82, 2.24) is 9.88 Å². The fraction of sp³-hybridized carbons (Fsp3) is 0.194. The van der Waals surface area contributed by atoms with Crippen LogP contribution in [0.1, 0.15) is 47.6 Å². The van der Waals surface area contributed by atoms with E-state index in [-0.39, 0.29) is 102 Å². The number of unbranched alkanes of at least 4 members (excludes halogenated alkanes) is 1. The van der Waals surface area contributed by atoms with Crippen LogP contribution in [0.2, 0.25) is 0 Å². The molecule has 7 aromatic carbocycles. The number of phenolic OH excluding ortho intramolecular Hbond substituents is 1. The molecule has 1 heterocycles. The molecule has 0 saturated carbocycles. The molecule has 8 rings (SSSR count). The zero-order chi connectivity index (χ0) is 60.6. The minimum atomic E-state index is -5.13. The topological polar surface area (TPSA) is 122 Å². The first-order valence-corrected chi connectivity index (χ1v) is 29.7. The molecule has 0 aliphatic rings. The molecule has 9 nitrogen and oxygen atoms in total. The number of aromatic hydroxyl groups is 1. The second-order valence-corrected chi connectivity index (χ2v) is 24.3. The van der Waals surface area contributed by atoms with Gasteiger partial charge in [0.1, 0.15) is 34.5 Å². The van der Waals surface area contributed by atoms with E-state index in [1.54, 1.807) is 50.9 Å². The minimum Gasteiger partial charge on any atom is -0.506 e. The number of alkyl halides is 9. The average Bonchev–Trinajstić information content (AvgIpc) is 0.990. The summed E-state index contributed by atoms with van der Waals surface area (Å²) in [6.45, 7) is 4.86. The first-order valence-electron chi connectivity index (χ1n) is 24.6. The van der Waals surface area contributed by atoms with Crippen LogP contribution in [0.3, 0.4) is 0 Å². The molecule has 0 fully saturated rings. The van der Waals surface area contributed by atoms with E-state index in [2.05, 4.69) is 35.9 Å². The Morgan fingerprint density at radius 1 is 0.640 bits per heavy atom. The Kier molecular flexibility index (Phi) is 33.0. The smallest absolute Gasteiger partial charge is 0.506 e. The summed E-state index contributed by atoms with van der Waals surface area (Å²) < 4.78 is 169. The molecule has 0 spiro atoms. The summed E-state index contributed by atoms with van der Waals surface area (Å²) in [7, 11) is 1.12. The van der Waals surface area contributed by atoms with Crippen molar-refractivity contribution in [2.24, 2.45) is 4.99 Å². The number of rotatable bonds is 13. The SMILES string of the molecule is CCCCN(C)C.COc1ccccc1[PH+](c1ccccc1OC)c1ccccc1S(=O)(=O)O.Cc1cc(-c2cccc(-c3cc(C(F)(F)F)cc(C(F)(F)F)c3)c2N=Cc2cc(I)cc(I)c2O)cc(C(F)(F)F)c1.[CH3-].[CH3-].[Ni].[Pd+2].c1ccncc1. The second-order valence-electron chi connectivity index (χ2n) is 18.1. The third-order valence-electron chi connectivity index (χ3n) is 11.8. The third kappa shape index (κ3) is 22.9. The van der Waals surface area contributed by atoms with Gasteiger partial charge in [0, 0.05) is 55.4 Å². The van der Waals surface area contributed by atoms with Crippen molar-refractivity contribution in [3.05, 3.63) is 220 Å². The number of nitrogens with zero attached hydrogens (tertiary/aromatic N) is 3. The van der Waals surface area contributed by atoms with Gasteiger partial charge in [-0.1, -0.05) is 80.1 Å². The van der Waals surface area contributed by atoms with E-state index in [1.165, 1.54) is 62.7 Å². The Bertz CT molecular complexity index is 3460. The Hall–Kier alpha value is -4.95. The van der Waals surface area contributed by atoms with Crippen LogP contribution in [-0.4, -0.2) is 69.0 Å². The van der Waals surface area contributed by atoms with E-state index in [1.807, 2.05) is 112 Å². The number of benzene rings is 7. The Morgan fingerprint density at radius 2 is 1.09 bits per heavy atom. The summed E-state index contributed by atoms with van der Waals surface area (Å²) in [5.41, 5.74) is -4.63. The fourth-order valence-corrected chi connectivity index (χ4v) is 14.0. The number of methoxy groups -OCH3 is 2. The second kappa shape index (κ2) is 35.9. The Morgan fingerprint density at radius 3 is 1.50 bits per heavy atom. The molecule has 86 heavy (non-hydrogen) atoms. The number of aromatic nitrogens is 1. The van der Waals surface area contributed by atoms with Gasteiger partial charge in [-0.3, -0.25) is 14.5 Å². The van der Waals surface area contributed by atoms with Gasteiger partial charge in [0.25, 0.3) is 10.1 Å². The number of halogens is 11. The number of hydrogen-bond donors (Lipinski definition) is 2. The van der Waals surface area contributed by atoms with E-state index in [0.717, 1.165) is 29.0 Å². The number of aryl methyl sites for hydroxylation is 1. The normalized spacial score (nSPS) is 11.2. The van der Waals surface area contributed by atoms with Crippen LogP contribution in [0.5, 0.6) is 17.2 Å². The van der Waals surface area contributed by atoms with Crippen molar-refractivity contribution in [3.8, 4) is 39.5 Å². The predicted octanol–water partition coefficient (Wildman–Crippen LogP) is 16.8. The van der Waals surface area contributed by atoms with Gasteiger partial charge in [0.2, 0.25) is 0 Å². The van der Waals surface area contributed by atoms with Crippen LogP contribution in [0.25, 0.3) is 22.3 Å². The summed E-state index contributed by atoms with van der Waals surface area (Å²) in [4.78, 5) is 10.2. The number of para-hydroxylation sites is 3. The first kappa shape index (κ1) is 79.1. The molecular weight excluding hydrogens is 1540 g/mol. The van der Waals surface area contributed by atoms with Crippen LogP contribution >= 0.6 is 53.1 Å². The third-order valence-corrected chi connectivity index (χ3v) is 17.2. The molecule has 468 valence electrons. The van der Waals surface area contributed by atoms with Crippen molar-refractivity contribution in [1.29, 1.82) is 0 Å². The quantitative estimate of drug-likeness (QED) is 0.0223. The minimum absolute atomic E-state index is 0. The van der Waals surface area contributed by atoms with Crippen LogP contribution in [-0.2, 0) is 65.6 Å². The van der Waals surface area contributed by atoms with E-state index in [9.17, 15) is 57.6 Å². The maximum Gasteiger partial charge on any atom is 2.00 e. The van der Waals surface area contributed by atoms with Crippen LogP contribution in [0, 0.1) is 28.9 Å². The van der Waals surface area contributed by atoms with Gasteiger partial charge in [0.05, 0.1) is 40.2 Å². The molecule has 2 N–H and O–H groups in total. The van der Waals surface area contributed by atoms with Crippen molar-refractivity contribution >= 4 is 91.0 Å². The van der Waals surface area contributed by atoms with Crippen molar-refractivity contribution < 1.29 is 104 Å². The number of pyridine rings is 1. The number of aliphatic imine (C=N–C) groups is 1. The van der Waals surface area contributed by atoms with Crippen molar-refractivity contribution in [2.45, 2.75) is 50.1 Å². The van der Waals surface area contributed by atoms with Gasteiger partial charge in [0.15, 0.2) is 11.5 Å². The Labute approximate surface area is 549 Å². The molecule has 8 aromatic rings. The van der Waals surface area contributed by atoms with Gasteiger partial charge >= 0.3 is 39.0 Å². The van der Waals surface area contributed by atoms with Crippen molar-refractivity contribution in [3.63, 3.8) is 0 Å². The van der Waals surface area contributed by atoms with E-state index < -0.39 is 58.8 Å². The van der Waals surface area contributed by atoms with E-state index in [4.69, 9.17) is 9.47 Å². The van der Waals surface area contributed by atoms with Crippen LogP contribution in [0.15, 0.2) is 180 Å². The summed E-state index contributed by atoms with van der Waals surface area (Å²) in [6, 6.07) is 38.5. The van der Waals surface area contributed by atoms with Gasteiger partial charge in [-0.25, -0.2) is 0 Å². The molecule has 0 saturated heterocycles. The average molecular weight is 1600 g/mol. The molecule has 0 aliphatic carbocycles. The van der Waals surface area contributed by atoms with Crippen LogP contribution in [0.4, 0.5) is 45.2 Å². The molecule has 0 bridgehead atoms. The summed E-state index contributed by atoms with van der Waals surface area (Å²) in [5, 5.41) is 12.8. The number of hydrogen-bond acceptors (Lipinski definition) is 8. The molecule has 0 aliphatic heterocycles. The summed E-state index contributed by atoms with van der Waals surface area (Å²) >= 11 is 3.84. The fourth-order valence-electron chi connectivity index (χ4n) is 8.00. The maximum absolute atomic E-state index is 13.7.